The van der Waals surface area contributed by atoms with Crippen molar-refractivity contribution in [3.05, 3.63) is 35.9 Å². The molecule has 0 aliphatic carbocycles. The fourth-order valence-electron chi connectivity index (χ4n) is 2.70. The van der Waals surface area contributed by atoms with E-state index in [1.54, 1.807) is 0 Å². The number of benzene rings is 1. The highest BCUT2D eigenvalue weighted by atomic mass is 32.1. The fraction of sp³-hybridized carbons (Fsp3) is 0.471. The zero-order valence-corrected chi connectivity index (χ0v) is 14.7. The predicted octanol–water partition coefficient (Wildman–Crippen LogP) is -0.0349. The maximum absolute atomic E-state index is 12.5. The lowest BCUT2D eigenvalue weighted by Gasteiger charge is -2.22. The van der Waals surface area contributed by atoms with Gasteiger partial charge in [-0.25, -0.2) is 4.79 Å². The van der Waals surface area contributed by atoms with Gasteiger partial charge in [0.15, 0.2) is 0 Å². The van der Waals surface area contributed by atoms with Crippen LogP contribution in [0.2, 0.25) is 0 Å². The van der Waals surface area contributed by atoms with E-state index in [0.717, 1.165) is 24.9 Å². The van der Waals surface area contributed by atoms with E-state index in [9.17, 15) is 14.4 Å². The van der Waals surface area contributed by atoms with Crippen LogP contribution in [0.5, 0.6) is 0 Å². The van der Waals surface area contributed by atoms with Gasteiger partial charge < -0.3 is 21.1 Å². The quantitative estimate of drug-likeness (QED) is 0.416. The van der Waals surface area contributed by atoms with E-state index < -0.39 is 24.0 Å². The summed E-state index contributed by atoms with van der Waals surface area (Å²) in [5.41, 5.74) is 0.875. The lowest BCUT2D eigenvalue weighted by molar-refractivity contribution is -0.141. The third kappa shape index (κ3) is 5.75. The van der Waals surface area contributed by atoms with E-state index in [0.29, 0.717) is 0 Å². The van der Waals surface area contributed by atoms with Crippen LogP contribution in [0.1, 0.15) is 18.4 Å². The van der Waals surface area contributed by atoms with Crippen LogP contribution in [0.25, 0.3) is 0 Å². The minimum absolute atomic E-state index is 0.0305. The summed E-state index contributed by atoms with van der Waals surface area (Å²) >= 11 is 3.95. The van der Waals surface area contributed by atoms with Crippen LogP contribution in [0.4, 0.5) is 0 Å². The predicted molar refractivity (Wildman–Crippen MR) is 96.5 cm³/mol. The van der Waals surface area contributed by atoms with Crippen LogP contribution >= 0.6 is 12.6 Å². The lowest BCUT2D eigenvalue weighted by atomic mass is 10.0. The van der Waals surface area contributed by atoms with Crippen LogP contribution in [0, 0.1) is 0 Å². The van der Waals surface area contributed by atoms with Gasteiger partial charge in [0.05, 0.1) is 6.04 Å². The Balaban J connectivity index is 2.08. The minimum Gasteiger partial charge on any atom is -0.480 e. The van der Waals surface area contributed by atoms with Gasteiger partial charge in [0.25, 0.3) is 0 Å². The summed E-state index contributed by atoms with van der Waals surface area (Å²) in [5, 5.41) is 17.3. The first-order valence-electron chi connectivity index (χ1n) is 8.23. The molecule has 1 aliphatic heterocycles. The molecule has 1 aromatic rings. The van der Waals surface area contributed by atoms with Crippen LogP contribution in [0.3, 0.4) is 0 Å². The first-order chi connectivity index (χ1) is 12.0. The van der Waals surface area contributed by atoms with Crippen molar-refractivity contribution in [2.24, 2.45) is 0 Å². The number of thiol groups is 1. The second-order valence-corrected chi connectivity index (χ2v) is 6.35. The van der Waals surface area contributed by atoms with E-state index in [-0.39, 0.29) is 24.1 Å². The molecule has 7 nitrogen and oxygen atoms in total. The molecule has 0 spiro atoms. The van der Waals surface area contributed by atoms with Gasteiger partial charge in [-0.3, -0.25) is 9.59 Å². The van der Waals surface area contributed by atoms with Crippen LogP contribution in [0.15, 0.2) is 30.3 Å². The summed E-state index contributed by atoms with van der Waals surface area (Å²) in [5.74, 6) is -1.97. The molecule has 2 rings (SSSR count). The number of hydrogen-bond donors (Lipinski definition) is 5. The van der Waals surface area contributed by atoms with Crippen LogP contribution < -0.4 is 16.0 Å². The zero-order valence-electron chi connectivity index (χ0n) is 13.8. The number of hydrogen-bond acceptors (Lipinski definition) is 5. The zero-order chi connectivity index (χ0) is 18.2. The summed E-state index contributed by atoms with van der Waals surface area (Å²) in [4.78, 5) is 36.0. The van der Waals surface area contributed by atoms with Gasteiger partial charge >= 0.3 is 5.97 Å². The molecule has 3 unspecified atom stereocenters. The van der Waals surface area contributed by atoms with Gasteiger partial charge in [0, 0.05) is 12.2 Å². The van der Waals surface area contributed by atoms with Crippen molar-refractivity contribution in [2.75, 3.05) is 12.3 Å². The van der Waals surface area contributed by atoms with Crippen molar-refractivity contribution in [3.63, 3.8) is 0 Å². The normalized spacial score (nSPS) is 19.0. The number of carbonyl (C=O) groups excluding carboxylic acids is 2. The molecule has 2 amide bonds. The Morgan fingerprint density at radius 2 is 1.92 bits per heavy atom. The molecular weight excluding hydrogens is 342 g/mol. The number of amides is 2. The van der Waals surface area contributed by atoms with Gasteiger partial charge in [0.1, 0.15) is 12.1 Å². The molecule has 0 aromatic heterocycles. The van der Waals surface area contributed by atoms with E-state index in [1.807, 2.05) is 30.3 Å². The second-order valence-electron chi connectivity index (χ2n) is 5.98. The summed E-state index contributed by atoms with van der Waals surface area (Å²) < 4.78 is 0. The molecule has 0 radical (unpaired) electrons. The van der Waals surface area contributed by atoms with Crippen molar-refractivity contribution in [3.8, 4) is 0 Å². The van der Waals surface area contributed by atoms with Gasteiger partial charge in [0.2, 0.25) is 11.8 Å². The van der Waals surface area contributed by atoms with Crippen molar-refractivity contribution in [2.45, 2.75) is 37.4 Å². The molecule has 0 saturated carbocycles. The number of aliphatic carboxylic acids is 1. The highest BCUT2D eigenvalue weighted by molar-refractivity contribution is 7.80. The Labute approximate surface area is 152 Å². The minimum atomic E-state index is -1.16. The fourth-order valence-corrected chi connectivity index (χ4v) is 2.94. The Hall–Kier alpha value is -2.06. The standard InChI is InChI=1S/C17H23N3O4S/c21-15(12-7-4-8-18-12)19-13(9-11-5-2-1-3-6-11)16(22)20-14(10-25)17(23)24/h1-3,5-6,12-14,18,25H,4,7-10H2,(H,19,21)(H,20,22)(H,23,24). The van der Waals surface area contributed by atoms with Crippen molar-refractivity contribution in [1.29, 1.82) is 0 Å². The summed E-state index contributed by atoms with van der Waals surface area (Å²) in [6.45, 7) is 0.772. The Kier molecular flexibility index (Phi) is 7.27. The van der Waals surface area contributed by atoms with Gasteiger partial charge in [-0.15, -0.1) is 0 Å². The SMILES string of the molecule is O=C(O)C(CS)NC(=O)C(Cc1ccccc1)NC(=O)C1CCCN1. The maximum Gasteiger partial charge on any atom is 0.327 e. The molecule has 8 heteroatoms. The number of rotatable bonds is 8. The molecule has 1 aromatic carbocycles. The van der Waals surface area contributed by atoms with Crippen LogP contribution in [-0.2, 0) is 20.8 Å². The average molecular weight is 365 g/mol. The molecular formula is C17H23N3O4S. The van der Waals surface area contributed by atoms with Crippen LogP contribution in [-0.4, -0.2) is 53.3 Å². The molecule has 1 fully saturated rings. The molecule has 4 N–H and O–H groups in total. The van der Waals surface area contributed by atoms with E-state index in [1.165, 1.54) is 0 Å². The third-order valence-corrected chi connectivity index (χ3v) is 4.45. The summed E-state index contributed by atoms with van der Waals surface area (Å²) in [7, 11) is 0. The van der Waals surface area contributed by atoms with E-state index in [4.69, 9.17) is 5.11 Å². The van der Waals surface area contributed by atoms with Crippen molar-refractivity contribution < 1.29 is 19.5 Å². The average Bonchev–Trinajstić information content (AvgIpc) is 3.14. The monoisotopic (exact) mass is 365 g/mol. The van der Waals surface area contributed by atoms with Crippen molar-refractivity contribution >= 4 is 30.4 Å². The Morgan fingerprint density at radius 3 is 2.48 bits per heavy atom. The first kappa shape index (κ1) is 19.3. The highest BCUT2D eigenvalue weighted by Crippen LogP contribution is 2.08. The number of carboxylic acids is 1. The maximum atomic E-state index is 12.5. The van der Waals surface area contributed by atoms with Crippen molar-refractivity contribution in [1.82, 2.24) is 16.0 Å². The van der Waals surface area contributed by atoms with Gasteiger partial charge in [-0.05, 0) is 24.9 Å². The largest absolute Gasteiger partial charge is 0.480 e. The highest BCUT2D eigenvalue weighted by Gasteiger charge is 2.29. The van der Waals surface area contributed by atoms with Gasteiger partial charge in [-0.2, -0.15) is 12.6 Å². The van der Waals surface area contributed by atoms with E-state index >= 15 is 0 Å². The molecule has 1 saturated heterocycles. The second kappa shape index (κ2) is 9.43. The third-order valence-electron chi connectivity index (χ3n) is 4.09. The molecule has 136 valence electrons. The molecule has 0 bridgehead atoms. The summed E-state index contributed by atoms with van der Waals surface area (Å²) in [6, 6.07) is 7.00. The van der Waals surface area contributed by atoms with E-state index in [2.05, 4.69) is 28.6 Å². The molecule has 25 heavy (non-hydrogen) atoms. The summed E-state index contributed by atoms with van der Waals surface area (Å²) in [6.07, 6.45) is 1.92. The number of nitrogens with one attached hydrogen (secondary N) is 3. The number of carboxylic acid groups (broad SMARTS) is 1. The first-order valence-corrected chi connectivity index (χ1v) is 8.86. The topological polar surface area (TPSA) is 108 Å². The van der Waals surface area contributed by atoms with Gasteiger partial charge in [-0.1, -0.05) is 30.3 Å². The molecule has 1 aliphatic rings. The lowest BCUT2D eigenvalue weighted by Crippen LogP contribution is -2.55. The Morgan fingerprint density at radius 1 is 1.20 bits per heavy atom. The Bertz CT molecular complexity index is 605. The smallest absolute Gasteiger partial charge is 0.327 e. The number of carbonyl (C=O) groups is 3. The molecule has 3 atom stereocenters. The molecule has 1 heterocycles.